The molecule has 1 heterocycles. The fourth-order valence-corrected chi connectivity index (χ4v) is 6.36. The molecule has 0 saturated carbocycles. The van der Waals surface area contributed by atoms with Gasteiger partial charge in [-0.1, -0.05) is 55.5 Å². The summed E-state index contributed by atoms with van der Waals surface area (Å²) < 4.78 is 40.9. The average molecular weight is 630 g/mol. The number of rotatable bonds is 11. The van der Waals surface area contributed by atoms with E-state index in [0.29, 0.717) is 25.4 Å². The zero-order chi connectivity index (χ0) is 32.0. The summed E-state index contributed by atoms with van der Waals surface area (Å²) in [4.78, 5) is 17.7. The maximum Gasteiger partial charge on any atom is 0.261 e. The topological polar surface area (TPSA) is 108 Å². The number of hydrogen-bond acceptors (Lipinski definition) is 7. The number of nitrogens with zero attached hydrogens (tertiary/aromatic N) is 2. The minimum atomic E-state index is -3.86. The summed E-state index contributed by atoms with van der Waals surface area (Å²) in [6.45, 7) is 5.22. The molecule has 0 aliphatic carbocycles. The lowest BCUT2D eigenvalue weighted by atomic mass is 9.99. The predicted molar refractivity (Wildman–Crippen MR) is 174 cm³/mol. The van der Waals surface area contributed by atoms with Crippen molar-refractivity contribution in [1.29, 1.82) is 0 Å². The predicted octanol–water partition coefficient (Wildman–Crippen LogP) is 5.63. The largest absolute Gasteiger partial charge is 0.488 e. The number of sulfonamides is 1. The molecule has 0 spiro atoms. The third-order valence-corrected chi connectivity index (χ3v) is 9.21. The van der Waals surface area contributed by atoms with Crippen LogP contribution in [0.15, 0.2) is 108 Å². The second kappa shape index (κ2) is 14.2. The maximum atomic E-state index is 13.8. The summed E-state index contributed by atoms with van der Waals surface area (Å²) in [6.07, 6.45) is -0.289. The molecular weight excluding hydrogens is 590 g/mol. The van der Waals surface area contributed by atoms with E-state index in [1.807, 2.05) is 68.6 Å². The number of carbonyl (C=O) groups excluding carboxylic acids is 1. The Morgan fingerprint density at radius 2 is 1.62 bits per heavy atom. The van der Waals surface area contributed by atoms with Gasteiger partial charge in [-0.3, -0.25) is 14.4 Å². The van der Waals surface area contributed by atoms with Crippen molar-refractivity contribution in [3.63, 3.8) is 0 Å². The summed E-state index contributed by atoms with van der Waals surface area (Å²) in [5.41, 5.74) is 1.59. The maximum absolute atomic E-state index is 13.8. The van der Waals surface area contributed by atoms with E-state index in [4.69, 9.17) is 9.47 Å². The molecule has 4 aromatic rings. The Morgan fingerprint density at radius 1 is 0.978 bits per heavy atom. The van der Waals surface area contributed by atoms with Gasteiger partial charge in [0.1, 0.15) is 23.4 Å². The molecule has 4 aromatic carbocycles. The molecule has 10 heteroatoms. The van der Waals surface area contributed by atoms with Gasteiger partial charge in [0.05, 0.1) is 23.1 Å². The van der Waals surface area contributed by atoms with Gasteiger partial charge in [0.25, 0.3) is 15.9 Å². The molecule has 0 fully saturated rings. The number of amides is 1. The highest BCUT2D eigenvalue weighted by Gasteiger charge is 2.33. The normalized spacial score (nSPS) is 17.5. The number of anilines is 1. The first kappa shape index (κ1) is 32.0. The Morgan fingerprint density at radius 3 is 2.29 bits per heavy atom. The Hall–Kier alpha value is -4.38. The molecule has 236 valence electrons. The highest BCUT2D eigenvalue weighted by atomic mass is 32.2. The number of fused-ring (bicyclic) bond motifs is 1. The lowest BCUT2D eigenvalue weighted by molar-refractivity contribution is 0.0341. The minimum absolute atomic E-state index is 0.0588. The number of ether oxygens (including phenoxy) is 2. The molecule has 0 aromatic heterocycles. The van der Waals surface area contributed by atoms with Crippen molar-refractivity contribution in [3.05, 3.63) is 114 Å². The van der Waals surface area contributed by atoms with E-state index in [9.17, 15) is 18.3 Å². The van der Waals surface area contributed by atoms with Crippen LogP contribution in [0.2, 0.25) is 0 Å². The van der Waals surface area contributed by atoms with Crippen LogP contribution in [-0.2, 0) is 16.6 Å². The van der Waals surface area contributed by atoms with Gasteiger partial charge in [0, 0.05) is 31.2 Å². The van der Waals surface area contributed by atoms with E-state index < -0.39 is 16.1 Å². The van der Waals surface area contributed by atoms with Gasteiger partial charge in [-0.15, -0.1) is 0 Å². The van der Waals surface area contributed by atoms with Gasteiger partial charge in [-0.25, -0.2) is 8.42 Å². The number of carbonyl (C=O) groups is 1. The molecule has 3 atom stereocenters. The van der Waals surface area contributed by atoms with Crippen molar-refractivity contribution in [2.45, 2.75) is 37.4 Å². The quantitative estimate of drug-likeness (QED) is 0.221. The van der Waals surface area contributed by atoms with Gasteiger partial charge in [-0.05, 0) is 74.1 Å². The molecule has 0 saturated heterocycles. The van der Waals surface area contributed by atoms with Gasteiger partial charge in [0.15, 0.2) is 0 Å². The second-order valence-electron chi connectivity index (χ2n) is 11.5. The molecule has 1 amide bonds. The van der Waals surface area contributed by atoms with E-state index >= 15 is 0 Å². The van der Waals surface area contributed by atoms with Gasteiger partial charge < -0.3 is 19.5 Å². The number of aliphatic hydroxyl groups is 1. The van der Waals surface area contributed by atoms with Gasteiger partial charge in [-0.2, -0.15) is 0 Å². The molecule has 45 heavy (non-hydrogen) atoms. The van der Waals surface area contributed by atoms with Crippen LogP contribution in [-0.4, -0.2) is 68.1 Å². The first-order chi connectivity index (χ1) is 21.6. The molecule has 1 aliphatic rings. The van der Waals surface area contributed by atoms with Crippen LogP contribution in [0.3, 0.4) is 0 Å². The van der Waals surface area contributed by atoms with E-state index in [-0.39, 0.29) is 40.7 Å². The van der Waals surface area contributed by atoms with Crippen LogP contribution < -0.4 is 14.2 Å². The number of aliphatic hydroxyl groups excluding tert-OH is 1. The van der Waals surface area contributed by atoms with Crippen molar-refractivity contribution in [2.24, 2.45) is 5.92 Å². The lowest BCUT2D eigenvalue weighted by Gasteiger charge is -2.38. The van der Waals surface area contributed by atoms with Gasteiger partial charge >= 0.3 is 0 Å². The summed E-state index contributed by atoms with van der Waals surface area (Å²) in [6, 6.07) is 29.9. The van der Waals surface area contributed by atoms with Gasteiger partial charge in [0.2, 0.25) is 0 Å². The molecule has 0 bridgehead atoms. The average Bonchev–Trinajstić information content (AvgIpc) is 3.04. The number of nitrogens with one attached hydrogen (secondary N) is 1. The van der Waals surface area contributed by atoms with E-state index in [0.717, 1.165) is 17.1 Å². The van der Waals surface area contributed by atoms with Crippen LogP contribution in [0, 0.1) is 5.92 Å². The van der Waals surface area contributed by atoms with Crippen LogP contribution >= 0.6 is 0 Å². The summed E-state index contributed by atoms with van der Waals surface area (Å²) in [5.74, 6) is 1.52. The summed E-state index contributed by atoms with van der Waals surface area (Å²) in [5, 5.41) is 9.98. The van der Waals surface area contributed by atoms with Crippen molar-refractivity contribution in [2.75, 3.05) is 31.5 Å². The van der Waals surface area contributed by atoms with Crippen LogP contribution in [0.25, 0.3) is 0 Å². The first-order valence-corrected chi connectivity index (χ1v) is 16.4. The van der Waals surface area contributed by atoms with E-state index in [1.165, 1.54) is 18.2 Å². The smallest absolute Gasteiger partial charge is 0.261 e. The molecular formula is C35H39N3O6S. The third-order valence-electron chi connectivity index (χ3n) is 7.82. The Balaban J connectivity index is 1.33. The van der Waals surface area contributed by atoms with Crippen molar-refractivity contribution < 1.29 is 27.8 Å². The zero-order valence-electron chi connectivity index (χ0n) is 25.7. The Labute approximate surface area is 265 Å². The third kappa shape index (κ3) is 8.02. The van der Waals surface area contributed by atoms with Crippen molar-refractivity contribution >= 4 is 21.6 Å². The highest BCUT2D eigenvalue weighted by Crippen LogP contribution is 2.32. The zero-order valence-corrected chi connectivity index (χ0v) is 26.5. The van der Waals surface area contributed by atoms with Crippen LogP contribution in [0.1, 0.15) is 29.8 Å². The first-order valence-electron chi connectivity index (χ1n) is 14.9. The standard InChI is InChI=1S/C35H39N3O6S/c1-25-21-38(26(2)24-39)35(40)32-20-28(36-45(41,42)31-12-8-5-9-13-31)16-19-33(32)44-34(25)23-37(3)22-27-14-17-30(18-15-27)43-29-10-6-4-7-11-29/h4-20,25-26,34,36,39H,21-24H2,1-3H3/t25-,26+,34-/m0/s1. The number of para-hydroxylation sites is 1. The summed E-state index contributed by atoms with van der Waals surface area (Å²) >= 11 is 0. The highest BCUT2D eigenvalue weighted by molar-refractivity contribution is 7.92. The number of likely N-dealkylation sites (N-methyl/N-ethyl adjacent to an activating group) is 1. The van der Waals surface area contributed by atoms with Crippen LogP contribution in [0.4, 0.5) is 5.69 Å². The molecule has 1 aliphatic heterocycles. The summed E-state index contributed by atoms with van der Waals surface area (Å²) in [7, 11) is -1.84. The number of benzene rings is 4. The fraction of sp³-hybridized carbons (Fsp3) is 0.286. The monoisotopic (exact) mass is 629 g/mol. The lowest BCUT2D eigenvalue weighted by Crippen LogP contribution is -2.49. The Kier molecular flexibility index (Phi) is 10.1. The molecule has 0 unspecified atom stereocenters. The molecule has 5 rings (SSSR count). The molecule has 2 N–H and O–H groups in total. The molecule has 0 radical (unpaired) electrons. The van der Waals surface area contributed by atoms with Crippen molar-refractivity contribution in [1.82, 2.24) is 9.80 Å². The number of hydrogen-bond donors (Lipinski definition) is 2. The fourth-order valence-electron chi connectivity index (χ4n) is 5.29. The second-order valence-corrected chi connectivity index (χ2v) is 13.2. The van der Waals surface area contributed by atoms with Crippen molar-refractivity contribution in [3.8, 4) is 17.2 Å². The van der Waals surface area contributed by atoms with E-state index in [1.54, 1.807) is 42.2 Å². The SMILES string of the molecule is C[C@H](CO)N1C[C@H](C)[C@H](CN(C)Cc2ccc(Oc3ccccc3)cc2)Oc2ccc(NS(=O)(=O)c3ccccc3)cc2C1=O. The van der Waals surface area contributed by atoms with Crippen LogP contribution in [0.5, 0.6) is 17.2 Å². The Bertz CT molecular complexity index is 1680. The molecule has 9 nitrogen and oxygen atoms in total. The minimum Gasteiger partial charge on any atom is -0.488 e. The van der Waals surface area contributed by atoms with E-state index in [2.05, 4.69) is 9.62 Å².